The van der Waals surface area contributed by atoms with Crippen LogP contribution in [0.4, 0.5) is 4.39 Å². The fourth-order valence-electron chi connectivity index (χ4n) is 4.41. The van der Waals surface area contributed by atoms with E-state index in [1.807, 2.05) is 0 Å². The average Bonchev–Trinajstić information content (AvgIpc) is 3.05. The van der Waals surface area contributed by atoms with E-state index in [-0.39, 0.29) is 22.7 Å². The molecule has 3 heterocycles. The van der Waals surface area contributed by atoms with Gasteiger partial charge in [-0.05, 0) is 18.2 Å². The van der Waals surface area contributed by atoms with E-state index in [1.165, 1.54) is 11.0 Å². The van der Waals surface area contributed by atoms with Gasteiger partial charge in [0.1, 0.15) is 24.5 Å². The van der Waals surface area contributed by atoms with Crippen molar-refractivity contribution in [3.8, 4) is 0 Å². The Kier molecular flexibility index (Phi) is 4.84. The second kappa shape index (κ2) is 7.66. The highest BCUT2D eigenvalue weighted by Crippen LogP contribution is 2.38. The number of carbonyl (C=O) groups is 1. The first kappa shape index (κ1) is 19.0. The predicted molar refractivity (Wildman–Crippen MR) is 108 cm³/mol. The number of halogens is 1. The molecule has 0 spiro atoms. The van der Waals surface area contributed by atoms with Gasteiger partial charge in [0.25, 0.3) is 5.91 Å². The zero-order valence-electron chi connectivity index (χ0n) is 16.4. The van der Waals surface area contributed by atoms with E-state index in [0.717, 1.165) is 13.1 Å². The number of quaternary nitrogens is 1. The summed E-state index contributed by atoms with van der Waals surface area (Å²) in [6, 6.07) is 12.3. The Hall–Kier alpha value is -3.03. The second-order valence-electron chi connectivity index (χ2n) is 7.71. The first-order valence-electron chi connectivity index (χ1n) is 10.2. The number of hydrogen-bond donors (Lipinski definition) is 1. The molecule has 0 radical (unpaired) electrons. The Labute approximate surface area is 172 Å². The molecule has 6 nitrogen and oxygen atoms in total. The molecule has 2 aliphatic heterocycles. The van der Waals surface area contributed by atoms with Crippen molar-refractivity contribution in [1.82, 2.24) is 4.90 Å². The molecule has 30 heavy (non-hydrogen) atoms. The Morgan fingerprint density at radius 1 is 1.03 bits per heavy atom. The van der Waals surface area contributed by atoms with Crippen molar-refractivity contribution in [1.29, 1.82) is 0 Å². The van der Waals surface area contributed by atoms with Crippen LogP contribution in [0, 0.1) is 5.82 Å². The first-order valence-corrected chi connectivity index (χ1v) is 10.2. The minimum atomic E-state index is -0.796. The lowest BCUT2D eigenvalue weighted by atomic mass is 9.98. The Balaban J connectivity index is 1.61. The normalized spacial score (nSPS) is 19.4. The summed E-state index contributed by atoms with van der Waals surface area (Å²) >= 11 is 0. The van der Waals surface area contributed by atoms with Crippen LogP contribution < -0.4 is 10.3 Å². The first-order chi connectivity index (χ1) is 14.6. The van der Waals surface area contributed by atoms with Gasteiger partial charge >= 0.3 is 0 Å². The molecule has 1 amide bonds. The maximum atomic E-state index is 14.8. The number of hydrogen-bond acceptors (Lipinski definition) is 4. The molecule has 1 atom stereocenters. The lowest BCUT2D eigenvalue weighted by Gasteiger charge is -2.29. The number of carbonyl (C=O) groups excluding carboxylic acids is 1. The quantitative estimate of drug-likeness (QED) is 0.708. The van der Waals surface area contributed by atoms with Crippen LogP contribution in [0.2, 0.25) is 0 Å². The van der Waals surface area contributed by atoms with Crippen molar-refractivity contribution in [2.75, 3.05) is 39.4 Å². The predicted octanol–water partition coefficient (Wildman–Crippen LogP) is 1.39. The molecule has 3 aromatic rings. The van der Waals surface area contributed by atoms with Gasteiger partial charge in [0.15, 0.2) is 5.43 Å². The molecule has 1 fully saturated rings. The lowest BCUT2D eigenvalue weighted by Crippen LogP contribution is -3.14. The summed E-state index contributed by atoms with van der Waals surface area (Å²) < 4.78 is 26.1. The van der Waals surface area contributed by atoms with E-state index in [2.05, 4.69) is 0 Å². The largest absolute Gasteiger partial charge is 0.450 e. The zero-order valence-corrected chi connectivity index (χ0v) is 16.4. The minimum absolute atomic E-state index is 0.0175. The molecule has 0 bridgehead atoms. The average molecular weight is 409 g/mol. The van der Waals surface area contributed by atoms with Gasteiger partial charge in [-0.3, -0.25) is 9.59 Å². The fourth-order valence-corrected chi connectivity index (χ4v) is 4.41. The molecule has 2 aromatic carbocycles. The van der Waals surface area contributed by atoms with E-state index in [9.17, 15) is 14.0 Å². The van der Waals surface area contributed by atoms with E-state index in [4.69, 9.17) is 9.15 Å². The summed E-state index contributed by atoms with van der Waals surface area (Å²) in [6.45, 7) is 4.19. The number of para-hydroxylation sites is 1. The van der Waals surface area contributed by atoms with Crippen LogP contribution in [-0.2, 0) is 4.74 Å². The molecule has 0 aliphatic carbocycles. The number of nitrogens with one attached hydrogen (secondary N) is 1. The topological polar surface area (TPSA) is 64.2 Å². The van der Waals surface area contributed by atoms with Crippen LogP contribution in [0.1, 0.15) is 27.7 Å². The van der Waals surface area contributed by atoms with Crippen molar-refractivity contribution < 1.29 is 23.2 Å². The summed E-state index contributed by atoms with van der Waals surface area (Å²) in [5, 5.41) is 0.394. The molecule has 2 aliphatic rings. The summed E-state index contributed by atoms with van der Waals surface area (Å²) in [7, 11) is 0. The summed E-state index contributed by atoms with van der Waals surface area (Å²) in [5.74, 6) is -0.794. The van der Waals surface area contributed by atoms with E-state index < -0.39 is 11.9 Å². The summed E-state index contributed by atoms with van der Waals surface area (Å²) in [4.78, 5) is 29.5. The van der Waals surface area contributed by atoms with Gasteiger partial charge in [0, 0.05) is 5.56 Å². The van der Waals surface area contributed by atoms with Crippen LogP contribution in [-0.4, -0.2) is 50.2 Å². The molecule has 5 rings (SSSR count). The third-order valence-corrected chi connectivity index (χ3v) is 5.98. The number of amides is 1. The van der Waals surface area contributed by atoms with Gasteiger partial charge < -0.3 is 19.0 Å². The lowest BCUT2D eigenvalue weighted by molar-refractivity contribution is -0.907. The maximum absolute atomic E-state index is 14.8. The van der Waals surface area contributed by atoms with E-state index in [1.54, 1.807) is 47.4 Å². The van der Waals surface area contributed by atoms with Crippen molar-refractivity contribution in [3.63, 3.8) is 0 Å². The van der Waals surface area contributed by atoms with E-state index >= 15 is 0 Å². The molecular formula is C23H22FN2O4+. The van der Waals surface area contributed by atoms with Gasteiger partial charge in [-0.25, -0.2) is 4.39 Å². The smallest absolute Gasteiger partial charge is 0.291 e. The zero-order chi connectivity index (χ0) is 20.7. The Morgan fingerprint density at radius 2 is 1.77 bits per heavy atom. The Bertz CT molecular complexity index is 1170. The number of morpholine rings is 1. The third kappa shape index (κ3) is 3.11. The molecule has 0 saturated carbocycles. The van der Waals surface area contributed by atoms with Gasteiger partial charge in [-0.2, -0.15) is 0 Å². The van der Waals surface area contributed by atoms with Crippen LogP contribution in [0.5, 0.6) is 0 Å². The third-order valence-electron chi connectivity index (χ3n) is 5.98. The van der Waals surface area contributed by atoms with Crippen LogP contribution in [0.25, 0.3) is 11.0 Å². The van der Waals surface area contributed by atoms with Crippen LogP contribution >= 0.6 is 0 Å². The fraction of sp³-hybridized carbons (Fsp3) is 0.304. The highest BCUT2D eigenvalue weighted by molar-refractivity contribution is 5.99. The standard InChI is InChI=1S/C23H21FN2O4/c24-17-7-3-1-5-15(17)20-19-21(27)16-6-2-4-8-18(16)30-22(19)23(28)26(20)10-9-25-11-13-29-14-12-25/h1-8,20H,9-14H2/p+1/t20-/m0/s1. The SMILES string of the molecule is O=C1c2oc3ccccc3c(=O)c2[C@H](c2ccccc2F)N1CC[NH+]1CCOCC1. The monoisotopic (exact) mass is 409 g/mol. The van der Waals surface area contributed by atoms with Gasteiger partial charge in [0.05, 0.1) is 43.3 Å². The molecular weight excluding hydrogens is 387 g/mol. The number of benzene rings is 2. The van der Waals surface area contributed by atoms with Crippen LogP contribution in [0.15, 0.2) is 57.7 Å². The van der Waals surface area contributed by atoms with Crippen molar-refractivity contribution >= 4 is 16.9 Å². The van der Waals surface area contributed by atoms with E-state index in [0.29, 0.717) is 42.8 Å². The summed E-state index contributed by atoms with van der Waals surface area (Å²) in [6.07, 6.45) is 0. The molecule has 154 valence electrons. The minimum Gasteiger partial charge on any atom is -0.450 e. The summed E-state index contributed by atoms with van der Waals surface area (Å²) in [5.41, 5.74) is 0.613. The Morgan fingerprint density at radius 3 is 2.57 bits per heavy atom. The molecule has 1 aromatic heterocycles. The second-order valence-corrected chi connectivity index (χ2v) is 7.71. The maximum Gasteiger partial charge on any atom is 0.291 e. The number of rotatable bonds is 4. The van der Waals surface area contributed by atoms with Crippen molar-refractivity contribution in [2.45, 2.75) is 6.04 Å². The molecule has 7 heteroatoms. The number of nitrogens with zero attached hydrogens (tertiary/aromatic N) is 1. The van der Waals surface area contributed by atoms with Gasteiger partial charge in [-0.15, -0.1) is 0 Å². The van der Waals surface area contributed by atoms with Gasteiger partial charge in [-0.1, -0.05) is 30.3 Å². The number of ether oxygens (including phenoxy) is 1. The van der Waals surface area contributed by atoms with Crippen molar-refractivity contribution in [3.05, 3.63) is 81.5 Å². The van der Waals surface area contributed by atoms with Crippen LogP contribution in [0.3, 0.4) is 0 Å². The number of fused-ring (bicyclic) bond motifs is 2. The van der Waals surface area contributed by atoms with Gasteiger partial charge in [0.2, 0.25) is 5.76 Å². The molecule has 1 N–H and O–H groups in total. The molecule has 0 unspecified atom stereocenters. The highest BCUT2D eigenvalue weighted by Gasteiger charge is 2.44. The molecule has 1 saturated heterocycles. The van der Waals surface area contributed by atoms with Crippen molar-refractivity contribution in [2.24, 2.45) is 0 Å². The highest BCUT2D eigenvalue weighted by atomic mass is 19.1.